The van der Waals surface area contributed by atoms with Crippen LogP contribution in [0.5, 0.6) is 0 Å². The Morgan fingerprint density at radius 2 is 1.68 bits per heavy atom. The number of amides is 1. The normalized spacial score (nSPS) is 32.0. The van der Waals surface area contributed by atoms with Crippen LogP contribution in [0.2, 0.25) is 0 Å². The van der Waals surface area contributed by atoms with E-state index in [0.717, 1.165) is 25.9 Å². The zero-order valence-corrected chi connectivity index (χ0v) is 15.6. The van der Waals surface area contributed by atoms with Crippen molar-refractivity contribution in [3.05, 3.63) is 0 Å². The molecule has 22 heavy (non-hydrogen) atoms. The van der Waals surface area contributed by atoms with Crippen molar-refractivity contribution in [2.45, 2.75) is 76.9 Å². The highest BCUT2D eigenvalue weighted by Crippen LogP contribution is 2.26. The fourth-order valence-corrected chi connectivity index (χ4v) is 3.87. The molecule has 4 atom stereocenters. The monoisotopic (exact) mass is 353 g/mol. The fraction of sp³-hybridized carbons (Fsp3) is 0.938. The van der Waals surface area contributed by atoms with Crippen molar-refractivity contribution in [1.29, 1.82) is 0 Å². The van der Waals surface area contributed by atoms with Crippen molar-refractivity contribution in [1.82, 2.24) is 10.2 Å². The van der Waals surface area contributed by atoms with E-state index in [1.807, 2.05) is 0 Å². The minimum Gasteiger partial charge on any atom is -0.355 e. The largest absolute Gasteiger partial charge is 0.355 e. The first-order valence-electron chi connectivity index (χ1n) is 8.36. The van der Waals surface area contributed by atoms with Crippen molar-refractivity contribution in [2.75, 3.05) is 13.1 Å². The van der Waals surface area contributed by atoms with Crippen LogP contribution in [0.15, 0.2) is 0 Å². The highest BCUT2D eigenvalue weighted by Gasteiger charge is 2.27. The van der Waals surface area contributed by atoms with Gasteiger partial charge in [-0.3, -0.25) is 9.69 Å². The van der Waals surface area contributed by atoms with Gasteiger partial charge in [0.2, 0.25) is 5.91 Å². The van der Waals surface area contributed by atoms with Gasteiger partial charge in [-0.15, -0.1) is 24.8 Å². The molecule has 3 N–H and O–H groups in total. The summed E-state index contributed by atoms with van der Waals surface area (Å²) in [6.45, 7) is 6.35. The number of carbonyl (C=O) groups is 1. The lowest BCUT2D eigenvalue weighted by Crippen LogP contribution is -2.47. The molecule has 0 aromatic carbocycles. The molecule has 0 aromatic heterocycles. The number of piperidine rings is 1. The molecule has 0 radical (unpaired) electrons. The predicted octanol–water partition coefficient (Wildman–Crippen LogP) is 2.73. The zero-order valence-electron chi connectivity index (χ0n) is 13.9. The topological polar surface area (TPSA) is 58.4 Å². The summed E-state index contributed by atoms with van der Waals surface area (Å²) < 4.78 is 0. The van der Waals surface area contributed by atoms with E-state index in [0.29, 0.717) is 24.4 Å². The van der Waals surface area contributed by atoms with E-state index in [-0.39, 0.29) is 36.8 Å². The maximum Gasteiger partial charge on any atom is 0.220 e. The number of nitrogens with one attached hydrogen (secondary N) is 1. The van der Waals surface area contributed by atoms with Gasteiger partial charge in [-0.05, 0) is 45.4 Å². The Morgan fingerprint density at radius 3 is 2.23 bits per heavy atom. The van der Waals surface area contributed by atoms with Gasteiger partial charge in [-0.25, -0.2) is 0 Å². The van der Waals surface area contributed by atoms with E-state index in [9.17, 15) is 4.79 Å². The van der Waals surface area contributed by atoms with E-state index in [1.165, 1.54) is 25.7 Å². The van der Waals surface area contributed by atoms with Crippen LogP contribution in [-0.2, 0) is 4.79 Å². The average molecular weight is 354 g/mol. The number of hydrogen-bond donors (Lipinski definition) is 2. The van der Waals surface area contributed by atoms with Gasteiger partial charge in [0.25, 0.3) is 0 Å². The molecular formula is C16H33Cl2N3O. The van der Waals surface area contributed by atoms with Gasteiger partial charge < -0.3 is 11.1 Å². The Hall–Kier alpha value is -0.0300. The number of halogens is 2. The third-order valence-electron chi connectivity index (χ3n) is 5.23. The maximum atomic E-state index is 12.0. The first-order valence-corrected chi connectivity index (χ1v) is 8.36. The summed E-state index contributed by atoms with van der Waals surface area (Å²) in [5.74, 6) is 0.590. The first-order chi connectivity index (χ1) is 9.58. The molecule has 0 aromatic rings. The summed E-state index contributed by atoms with van der Waals surface area (Å²) in [5.41, 5.74) is 6.02. The summed E-state index contributed by atoms with van der Waals surface area (Å²) in [4.78, 5) is 14.5. The third kappa shape index (κ3) is 6.23. The number of nitrogens with two attached hydrogens (primary N) is 1. The molecule has 2 fully saturated rings. The number of nitrogens with zero attached hydrogens (tertiary/aromatic N) is 1. The SMILES string of the molecule is CC1CCCC(C)N1CCNC(=O)C[C@@H]1CCC[C@H]1N.Cl.Cl. The Bertz CT molecular complexity index is 321. The van der Waals surface area contributed by atoms with E-state index in [1.54, 1.807) is 0 Å². The highest BCUT2D eigenvalue weighted by molar-refractivity contribution is 5.85. The second kappa shape index (κ2) is 10.7. The summed E-state index contributed by atoms with van der Waals surface area (Å²) in [5, 5.41) is 3.08. The van der Waals surface area contributed by atoms with Crippen LogP contribution in [0.25, 0.3) is 0 Å². The Labute approximate surface area is 147 Å². The predicted molar refractivity (Wildman–Crippen MR) is 96.9 cm³/mol. The summed E-state index contributed by atoms with van der Waals surface area (Å²) in [6, 6.07) is 1.54. The average Bonchev–Trinajstić information content (AvgIpc) is 2.79. The van der Waals surface area contributed by atoms with Crippen LogP contribution in [-0.4, -0.2) is 42.0 Å². The molecule has 2 rings (SSSR count). The van der Waals surface area contributed by atoms with Crippen LogP contribution in [0.3, 0.4) is 0 Å². The van der Waals surface area contributed by atoms with Gasteiger partial charge in [0.05, 0.1) is 0 Å². The summed E-state index contributed by atoms with van der Waals surface area (Å²) >= 11 is 0. The molecule has 1 amide bonds. The first kappa shape index (κ1) is 22.0. The van der Waals surface area contributed by atoms with Crippen LogP contribution in [0.4, 0.5) is 0 Å². The van der Waals surface area contributed by atoms with Gasteiger partial charge in [0, 0.05) is 37.6 Å². The number of carbonyl (C=O) groups excluding carboxylic acids is 1. The summed E-state index contributed by atoms with van der Waals surface area (Å²) in [7, 11) is 0. The molecule has 6 heteroatoms. The lowest BCUT2D eigenvalue weighted by Gasteiger charge is -2.39. The third-order valence-corrected chi connectivity index (χ3v) is 5.23. The van der Waals surface area contributed by atoms with Gasteiger partial charge >= 0.3 is 0 Å². The Balaban J connectivity index is 0.00000220. The molecule has 1 saturated heterocycles. The molecule has 1 aliphatic heterocycles. The minimum atomic E-state index is 0. The quantitative estimate of drug-likeness (QED) is 0.798. The standard InChI is InChI=1S/C16H31N3O.2ClH/c1-12-5-3-6-13(2)19(12)10-9-18-16(20)11-14-7-4-8-15(14)17;;/h12-15H,3-11,17H2,1-2H3,(H,18,20);2*1H/t12?,13?,14-,15+;;/m0../s1. The molecule has 0 bridgehead atoms. The van der Waals surface area contributed by atoms with Crippen molar-refractivity contribution in [3.63, 3.8) is 0 Å². The number of hydrogen-bond acceptors (Lipinski definition) is 3. The van der Waals surface area contributed by atoms with E-state index in [4.69, 9.17) is 5.73 Å². The smallest absolute Gasteiger partial charge is 0.220 e. The molecule has 2 unspecified atom stereocenters. The minimum absolute atomic E-state index is 0. The fourth-order valence-electron chi connectivity index (χ4n) is 3.87. The van der Waals surface area contributed by atoms with Crippen LogP contribution in [0.1, 0.15) is 58.8 Å². The Kier molecular flexibility index (Phi) is 10.7. The van der Waals surface area contributed by atoms with Crippen molar-refractivity contribution in [3.8, 4) is 0 Å². The molecule has 4 nitrogen and oxygen atoms in total. The number of likely N-dealkylation sites (tertiary alicyclic amines) is 1. The zero-order chi connectivity index (χ0) is 14.5. The highest BCUT2D eigenvalue weighted by atomic mass is 35.5. The lowest BCUT2D eigenvalue weighted by molar-refractivity contribution is -0.122. The lowest BCUT2D eigenvalue weighted by atomic mass is 9.97. The molecule has 2 aliphatic rings. The van der Waals surface area contributed by atoms with Crippen LogP contribution in [0, 0.1) is 5.92 Å². The molecule has 1 aliphatic carbocycles. The van der Waals surface area contributed by atoms with Crippen LogP contribution >= 0.6 is 24.8 Å². The summed E-state index contributed by atoms with van der Waals surface area (Å²) in [6.07, 6.45) is 7.92. The van der Waals surface area contributed by atoms with Crippen molar-refractivity contribution in [2.24, 2.45) is 11.7 Å². The van der Waals surface area contributed by atoms with Gasteiger partial charge in [-0.1, -0.05) is 12.8 Å². The van der Waals surface area contributed by atoms with Gasteiger partial charge in [-0.2, -0.15) is 0 Å². The second-order valence-corrected chi connectivity index (χ2v) is 6.78. The maximum absolute atomic E-state index is 12.0. The number of rotatable bonds is 5. The molecule has 1 heterocycles. The molecule has 1 saturated carbocycles. The van der Waals surface area contributed by atoms with Gasteiger partial charge in [0.15, 0.2) is 0 Å². The molecule has 0 spiro atoms. The second-order valence-electron chi connectivity index (χ2n) is 6.78. The molecule has 132 valence electrons. The van der Waals surface area contributed by atoms with E-state index in [2.05, 4.69) is 24.1 Å². The van der Waals surface area contributed by atoms with Gasteiger partial charge in [0.1, 0.15) is 0 Å². The van der Waals surface area contributed by atoms with E-state index < -0.39 is 0 Å². The van der Waals surface area contributed by atoms with Crippen molar-refractivity contribution >= 4 is 30.7 Å². The Morgan fingerprint density at radius 1 is 1.09 bits per heavy atom. The van der Waals surface area contributed by atoms with Crippen LogP contribution < -0.4 is 11.1 Å². The molecular weight excluding hydrogens is 321 g/mol. The van der Waals surface area contributed by atoms with Crippen molar-refractivity contribution < 1.29 is 4.79 Å². The van der Waals surface area contributed by atoms with E-state index >= 15 is 0 Å².